The van der Waals surface area contributed by atoms with Gasteiger partial charge in [0.2, 0.25) is 0 Å². The SMILES string of the molecule is CCC(C)CCCCC=N.CF.Cc1cc(-c2ccccc2)[nH]c(=O)c1C#N. The van der Waals surface area contributed by atoms with E-state index in [1.54, 1.807) is 6.92 Å². The van der Waals surface area contributed by atoms with Crippen molar-refractivity contribution in [1.29, 1.82) is 10.7 Å². The van der Waals surface area contributed by atoms with Crippen LogP contribution in [0.25, 0.3) is 11.3 Å². The summed E-state index contributed by atoms with van der Waals surface area (Å²) in [6, 6.07) is 13.3. The molecular formula is C23H32FN3O. The summed E-state index contributed by atoms with van der Waals surface area (Å²) >= 11 is 0. The van der Waals surface area contributed by atoms with Crippen molar-refractivity contribution in [2.75, 3.05) is 7.18 Å². The van der Waals surface area contributed by atoms with E-state index in [0.717, 1.165) is 23.6 Å². The Morgan fingerprint density at radius 2 is 1.89 bits per heavy atom. The van der Waals surface area contributed by atoms with Crippen molar-refractivity contribution in [3.05, 3.63) is 57.9 Å². The van der Waals surface area contributed by atoms with Crippen molar-refractivity contribution >= 4 is 6.21 Å². The van der Waals surface area contributed by atoms with Gasteiger partial charge in [-0.2, -0.15) is 5.26 Å². The average Bonchev–Trinajstić information content (AvgIpc) is 2.73. The highest BCUT2D eigenvalue weighted by molar-refractivity contribution is 5.60. The quantitative estimate of drug-likeness (QED) is 0.449. The molecule has 0 aliphatic carbocycles. The third-order valence-corrected chi connectivity index (χ3v) is 4.42. The van der Waals surface area contributed by atoms with Crippen LogP contribution in [0.15, 0.2) is 41.2 Å². The first-order chi connectivity index (χ1) is 13.5. The van der Waals surface area contributed by atoms with E-state index in [1.165, 1.54) is 31.9 Å². The number of halogens is 1. The molecule has 2 rings (SSSR count). The van der Waals surface area contributed by atoms with Crippen LogP contribution >= 0.6 is 0 Å². The molecule has 0 saturated heterocycles. The number of nitriles is 1. The van der Waals surface area contributed by atoms with E-state index >= 15 is 0 Å². The molecular weight excluding hydrogens is 353 g/mol. The molecule has 5 heteroatoms. The molecule has 0 spiro atoms. The number of hydrogen-bond donors (Lipinski definition) is 2. The van der Waals surface area contributed by atoms with Crippen LogP contribution in [0, 0.1) is 29.6 Å². The molecule has 2 N–H and O–H groups in total. The van der Waals surface area contributed by atoms with E-state index < -0.39 is 0 Å². The summed E-state index contributed by atoms with van der Waals surface area (Å²) in [7, 11) is 0.500. The highest BCUT2D eigenvalue weighted by Gasteiger charge is 2.06. The van der Waals surface area contributed by atoms with E-state index in [1.807, 2.05) is 42.5 Å². The van der Waals surface area contributed by atoms with Gasteiger partial charge < -0.3 is 10.4 Å². The van der Waals surface area contributed by atoms with Gasteiger partial charge >= 0.3 is 0 Å². The molecule has 0 saturated carbocycles. The lowest BCUT2D eigenvalue weighted by Gasteiger charge is -2.05. The second kappa shape index (κ2) is 15.3. The van der Waals surface area contributed by atoms with Gasteiger partial charge in [-0.15, -0.1) is 0 Å². The van der Waals surface area contributed by atoms with Crippen LogP contribution in [0.2, 0.25) is 0 Å². The van der Waals surface area contributed by atoms with Gasteiger partial charge in [-0.25, -0.2) is 0 Å². The van der Waals surface area contributed by atoms with Crippen molar-refractivity contribution in [2.24, 2.45) is 5.92 Å². The van der Waals surface area contributed by atoms with Gasteiger partial charge in [0, 0.05) is 5.69 Å². The van der Waals surface area contributed by atoms with E-state index in [-0.39, 0.29) is 11.1 Å². The highest BCUT2D eigenvalue weighted by atomic mass is 19.1. The van der Waals surface area contributed by atoms with Gasteiger partial charge in [0.1, 0.15) is 11.6 Å². The van der Waals surface area contributed by atoms with Crippen LogP contribution in [0.3, 0.4) is 0 Å². The fraction of sp³-hybridized carbons (Fsp3) is 0.435. The Labute approximate surface area is 168 Å². The molecule has 1 aromatic heterocycles. The highest BCUT2D eigenvalue weighted by Crippen LogP contribution is 2.16. The first-order valence-corrected chi connectivity index (χ1v) is 9.59. The number of nitrogens with one attached hydrogen (secondary N) is 2. The van der Waals surface area contributed by atoms with E-state index in [9.17, 15) is 9.18 Å². The lowest BCUT2D eigenvalue weighted by atomic mass is 10.0. The van der Waals surface area contributed by atoms with Crippen LogP contribution < -0.4 is 5.56 Å². The Balaban J connectivity index is 0.000000528. The van der Waals surface area contributed by atoms with Gasteiger partial charge in [0.25, 0.3) is 5.56 Å². The monoisotopic (exact) mass is 385 g/mol. The number of aromatic nitrogens is 1. The number of rotatable bonds is 7. The maximum Gasteiger partial charge on any atom is 0.266 e. The maximum absolute atomic E-state index is 11.6. The smallest absolute Gasteiger partial charge is 0.266 e. The lowest BCUT2D eigenvalue weighted by Crippen LogP contribution is -2.12. The Kier molecular flexibility index (Phi) is 13.8. The number of H-pyrrole nitrogens is 1. The van der Waals surface area contributed by atoms with E-state index in [2.05, 4.69) is 18.8 Å². The van der Waals surface area contributed by atoms with Crippen LogP contribution in [0.5, 0.6) is 0 Å². The number of nitrogens with zero attached hydrogens (tertiary/aromatic N) is 1. The first kappa shape index (κ1) is 25.3. The third kappa shape index (κ3) is 9.27. The number of hydrogen-bond acceptors (Lipinski definition) is 3. The Morgan fingerprint density at radius 3 is 2.39 bits per heavy atom. The van der Waals surface area contributed by atoms with Crippen molar-refractivity contribution in [3.8, 4) is 17.3 Å². The molecule has 2 aromatic rings. The zero-order chi connectivity index (χ0) is 21.4. The van der Waals surface area contributed by atoms with E-state index in [0.29, 0.717) is 12.7 Å². The van der Waals surface area contributed by atoms with Gasteiger partial charge in [0.15, 0.2) is 0 Å². The van der Waals surface area contributed by atoms with Crippen molar-refractivity contribution in [1.82, 2.24) is 4.98 Å². The third-order valence-electron chi connectivity index (χ3n) is 4.42. The minimum absolute atomic E-state index is 0.180. The summed E-state index contributed by atoms with van der Waals surface area (Å²) in [5.74, 6) is 0.880. The molecule has 1 aromatic carbocycles. The number of unbranched alkanes of at least 4 members (excludes halogenated alkanes) is 2. The maximum atomic E-state index is 11.6. The van der Waals surface area contributed by atoms with Crippen LogP contribution in [0.4, 0.5) is 4.39 Å². The molecule has 0 fully saturated rings. The molecule has 1 heterocycles. The molecule has 1 unspecified atom stereocenters. The number of alkyl halides is 1. The zero-order valence-electron chi connectivity index (χ0n) is 17.4. The predicted molar refractivity (Wildman–Crippen MR) is 116 cm³/mol. The van der Waals surface area contributed by atoms with Gasteiger partial charge in [-0.1, -0.05) is 63.4 Å². The van der Waals surface area contributed by atoms with Crippen molar-refractivity contribution in [2.45, 2.75) is 52.9 Å². The topological polar surface area (TPSA) is 80.5 Å². The number of aryl methyl sites for hydroxylation is 1. The molecule has 28 heavy (non-hydrogen) atoms. The molecule has 4 nitrogen and oxygen atoms in total. The second-order valence-electron chi connectivity index (χ2n) is 6.55. The summed E-state index contributed by atoms with van der Waals surface area (Å²) in [4.78, 5) is 14.3. The van der Waals surface area contributed by atoms with Crippen LogP contribution in [0.1, 0.15) is 57.1 Å². The minimum Gasteiger partial charge on any atom is -0.321 e. The standard InChI is InChI=1S/C13H10N2O.C9H19N.CH3F/c1-9-7-12(10-5-3-2-4-6-10)15-13(16)11(9)8-14;1-3-9(2)7-5-4-6-8-10;1-2/h2-7H,1H3,(H,15,16);8-10H,3-7H2,1-2H3;1H3. The molecule has 0 amide bonds. The summed E-state index contributed by atoms with van der Waals surface area (Å²) in [5, 5.41) is 15.6. The normalized spacial score (nSPS) is 10.4. The number of benzene rings is 1. The predicted octanol–water partition coefficient (Wildman–Crippen LogP) is 6.05. The van der Waals surface area contributed by atoms with Gasteiger partial charge in [-0.3, -0.25) is 9.18 Å². The fourth-order valence-electron chi connectivity index (χ4n) is 2.54. The molecule has 0 bridgehead atoms. The Morgan fingerprint density at radius 1 is 1.25 bits per heavy atom. The molecule has 1 atom stereocenters. The summed E-state index contributed by atoms with van der Waals surface area (Å²) in [6.07, 6.45) is 7.61. The van der Waals surface area contributed by atoms with E-state index in [4.69, 9.17) is 10.7 Å². The van der Waals surface area contributed by atoms with Crippen molar-refractivity contribution < 1.29 is 4.39 Å². The summed E-state index contributed by atoms with van der Waals surface area (Å²) in [5.41, 5.74) is 2.22. The largest absolute Gasteiger partial charge is 0.321 e. The van der Waals surface area contributed by atoms with Crippen LogP contribution in [-0.4, -0.2) is 18.4 Å². The molecule has 0 aliphatic rings. The molecule has 0 radical (unpaired) electrons. The molecule has 152 valence electrons. The average molecular weight is 386 g/mol. The van der Waals surface area contributed by atoms with Gasteiger partial charge in [0.05, 0.1) is 7.18 Å². The first-order valence-electron chi connectivity index (χ1n) is 9.59. The fourth-order valence-corrected chi connectivity index (χ4v) is 2.54. The Bertz CT molecular complexity index is 779. The lowest BCUT2D eigenvalue weighted by molar-refractivity contribution is 0.488. The number of aromatic amines is 1. The van der Waals surface area contributed by atoms with Gasteiger partial charge in [-0.05, 0) is 49.1 Å². The Hall–Kier alpha value is -2.74. The van der Waals surface area contributed by atoms with Crippen LogP contribution in [-0.2, 0) is 0 Å². The minimum atomic E-state index is -0.332. The second-order valence-corrected chi connectivity index (χ2v) is 6.55. The summed E-state index contributed by atoms with van der Waals surface area (Å²) in [6.45, 7) is 6.30. The molecule has 0 aliphatic heterocycles. The summed E-state index contributed by atoms with van der Waals surface area (Å²) < 4.78 is 9.50. The number of pyridine rings is 1. The van der Waals surface area contributed by atoms with Crippen molar-refractivity contribution in [3.63, 3.8) is 0 Å². The zero-order valence-corrected chi connectivity index (χ0v) is 17.4.